The Balaban J connectivity index is 1.40. The van der Waals surface area contributed by atoms with Gasteiger partial charge in [0.15, 0.2) is 58.6 Å². The summed E-state index contributed by atoms with van der Waals surface area (Å²) in [5.74, 6) is 14.1. The predicted molar refractivity (Wildman–Crippen MR) is 326 cm³/mol. The van der Waals surface area contributed by atoms with E-state index in [1.807, 2.05) is 77.4 Å². The molecule has 5 bridgehead atoms. The molecule has 1 amide bonds. The lowest BCUT2D eigenvalue weighted by atomic mass is 9.87. The van der Waals surface area contributed by atoms with Crippen molar-refractivity contribution in [3.8, 4) is 58.2 Å². The Morgan fingerprint density at radius 1 is 0.952 bits per heavy atom. The van der Waals surface area contributed by atoms with Crippen molar-refractivity contribution in [1.82, 2.24) is 10.3 Å². The molecule has 17 nitrogen and oxygen atoms in total. The summed E-state index contributed by atoms with van der Waals surface area (Å²) in [6, 6.07) is 14.5. The third-order valence-electron chi connectivity index (χ3n) is 14.4. The van der Waals surface area contributed by atoms with Crippen LogP contribution in [0.25, 0.3) is 10.8 Å². The lowest BCUT2D eigenvalue weighted by Crippen LogP contribution is -2.61. The SMILES string of the molecule is C=CCOc1cc2cc(OC(C)C)c(OC)c(OC)c2cc1C(=O)N[C@@H]1CC(=O)OC[C@@H](OCOCc2ccc(OC)cc2)[C@@]2(O[Si](C)(C)C)C#CC3=C[C@H](Oc4ccc1nc4Cl)[C@@H](O[Si](C)(C)C(C)(C)C)[C@]3(O)C(O[Si](C)(C)C)C#CC2. The van der Waals surface area contributed by atoms with Gasteiger partial charge in [0.25, 0.3) is 5.91 Å². The molecule has 0 spiro atoms. The smallest absolute Gasteiger partial charge is 0.308 e. The second-order valence-corrected chi connectivity index (χ2v) is 38.4. The number of halogens is 1. The molecule has 3 heterocycles. The first-order valence-corrected chi connectivity index (χ1v) is 37.8. The first-order chi connectivity index (χ1) is 38.9. The summed E-state index contributed by atoms with van der Waals surface area (Å²) >= 11 is 7.14. The average molecular weight is 1210 g/mol. The van der Waals surface area contributed by atoms with Crippen molar-refractivity contribution in [3.63, 3.8) is 0 Å². The fraction of sp³-hybridized carbons (Fsp3) is 0.500. The van der Waals surface area contributed by atoms with E-state index in [1.165, 1.54) is 14.2 Å². The molecule has 21 heteroatoms. The molecule has 7 atom stereocenters. The lowest BCUT2D eigenvalue weighted by molar-refractivity contribution is -0.172. The molecule has 0 radical (unpaired) electrons. The van der Waals surface area contributed by atoms with Crippen LogP contribution in [-0.4, -0.2) is 130 Å². The van der Waals surface area contributed by atoms with Crippen LogP contribution in [0.3, 0.4) is 0 Å². The van der Waals surface area contributed by atoms with E-state index in [2.05, 4.69) is 69.4 Å². The maximum atomic E-state index is 15.0. The maximum absolute atomic E-state index is 15.0. The number of pyridine rings is 1. The largest absolute Gasteiger partial charge is 0.497 e. The number of hydrogen-bond acceptors (Lipinski definition) is 16. The molecule has 0 saturated heterocycles. The standard InChI is InChI=1S/C62H81ClN2O15Si3/c1-18-30-73-49-31-41-32-50(76-39(2)3)56(71-9)55(70-8)44(41)34-45(49)59(67)65-47-35-54(66)74-37-53(75-38-72-36-40-21-23-43(69-7)24-22-40)61(80-82(13,14)15)28-19-20-52(78-81(10,11)12)62(68)42(27-29-61)33-51(57(62)79-83(16,17)60(4,5)6)77-48-26-25-46(47)64-58(48)63/h18,21-26,31-34,39,47,51-53,57,68H,1,28,30,35-38H2,2-17H3,(H,65,67)/t47-,51+,52?,53-,57-,61+,62-/m1/s1. The van der Waals surface area contributed by atoms with Gasteiger partial charge in [-0.05, 0) is 131 Å². The number of esters is 1. The molecule has 2 aliphatic carbocycles. The van der Waals surface area contributed by atoms with Crippen LogP contribution in [0.1, 0.15) is 75.1 Å². The summed E-state index contributed by atoms with van der Waals surface area (Å²) in [6.07, 6.45) is -1.94. The zero-order chi connectivity index (χ0) is 60.9. The van der Waals surface area contributed by atoms with Gasteiger partial charge >= 0.3 is 5.97 Å². The van der Waals surface area contributed by atoms with Gasteiger partial charge in [-0.15, -0.1) is 0 Å². The first kappa shape index (κ1) is 64.7. The monoisotopic (exact) mass is 1210 g/mol. The van der Waals surface area contributed by atoms with E-state index < -0.39 is 91.5 Å². The van der Waals surface area contributed by atoms with E-state index in [9.17, 15) is 9.90 Å². The molecular formula is C62H81ClN2O15Si3. The molecule has 448 valence electrons. The second-order valence-electron chi connectivity index (χ2n) is 24.4. The van der Waals surface area contributed by atoms with Gasteiger partial charge in [-0.25, -0.2) is 4.98 Å². The number of carbonyl (C=O) groups is 2. The summed E-state index contributed by atoms with van der Waals surface area (Å²) in [5.41, 5.74) is -2.29. The topological polar surface area (TPSA) is 190 Å². The number of nitrogens with zero attached hydrogens (tertiary/aromatic N) is 1. The predicted octanol–water partition coefficient (Wildman–Crippen LogP) is 11.3. The van der Waals surface area contributed by atoms with Gasteiger partial charge in [0.2, 0.25) is 5.75 Å². The van der Waals surface area contributed by atoms with E-state index in [1.54, 1.807) is 49.6 Å². The number of methoxy groups -OCH3 is 3. The molecule has 83 heavy (non-hydrogen) atoms. The molecule has 1 aromatic heterocycles. The van der Waals surface area contributed by atoms with Crippen LogP contribution in [-0.2, 0) is 38.9 Å². The van der Waals surface area contributed by atoms with Gasteiger partial charge in [-0.1, -0.05) is 80.8 Å². The number of aliphatic hydroxyl groups is 1. The number of nitrogens with one attached hydrogen (secondary N) is 1. The fourth-order valence-electron chi connectivity index (χ4n) is 9.50. The van der Waals surface area contributed by atoms with Crippen LogP contribution in [0.5, 0.6) is 34.5 Å². The van der Waals surface area contributed by atoms with Gasteiger partial charge in [0.1, 0.15) is 55.9 Å². The van der Waals surface area contributed by atoms with Crippen molar-refractivity contribution in [1.29, 1.82) is 0 Å². The summed E-state index contributed by atoms with van der Waals surface area (Å²) in [5, 5.41) is 17.5. The number of ether oxygens (including phenoxy) is 9. The Morgan fingerprint density at radius 3 is 2.27 bits per heavy atom. The van der Waals surface area contributed by atoms with Crippen LogP contribution >= 0.6 is 11.6 Å². The Kier molecular flexibility index (Phi) is 20.4. The molecule has 8 rings (SSSR count). The Bertz CT molecular complexity index is 3190. The molecule has 2 aliphatic heterocycles. The number of aromatic nitrogens is 1. The minimum absolute atomic E-state index is 0.0559. The number of rotatable bonds is 21. The lowest BCUT2D eigenvalue weighted by Gasteiger charge is -2.46. The summed E-state index contributed by atoms with van der Waals surface area (Å²) in [7, 11) is -3.39. The molecule has 0 saturated carbocycles. The van der Waals surface area contributed by atoms with Gasteiger partial charge in [0, 0.05) is 11.0 Å². The van der Waals surface area contributed by atoms with Gasteiger partial charge in [-0.3, -0.25) is 9.59 Å². The molecule has 1 unspecified atom stereocenters. The Morgan fingerprint density at radius 2 is 1.65 bits per heavy atom. The summed E-state index contributed by atoms with van der Waals surface area (Å²) < 4.78 is 76.6. The minimum atomic E-state index is -2.79. The van der Waals surface area contributed by atoms with Crippen molar-refractivity contribution in [2.45, 2.75) is 159 Å². The molecule has 2 N–H and O–H groups in total. The number of hydrogen-bond donors (Lipinski definition) is 2. The van der Waals surface area contributed by atoms with Crippen molar-refractivity contribution in [3.05, 3.63) is 101 Å². The van der Waals surface area contributed by atoms with Crippen LogP contribution in [0.2, 0.25) is 62.6 Å². The van der Waals surface area contributed by atoms with Crippen LogP contribution < -0.4 is 33.7 Å². The summed E-state index contributed by atoms with van der Waals surface area (Å²) in [4.78, 5) is 34.5. The molecule has 4 aliphatic rings. The van der Waals surface area contributed by atoms with Crippen molar-refractivity contribution in [2.75, 3.05) is 41.3 Å². The van der Waals surface area contributed by atoms with Gasteiger partial charge < -0.3 is 66.3 Å². The average Bonchev–Trinajstić information content (AvgIpc) is 3.84. The van der Waals surface area contributed by atoms with Crippen molar-refractivity contribution >= 4 is 59.2 Å². The highest BCUT2D eigenvalue weighted by Gasteiger charge is 2.60. The molecule has 4 aromatic rings. The normalized spacial score (nSPS) is 22.8. The molecular weight excluding hydrogens is 1130 g/mol. The second kappa shape index (κ2) is 26.2. The number of carbonyl (C=O) groups excluding carboxylic acids is 2. The maximum Gasteiger partial charge on any atom is 0.308 e. The third-order valence-corrected chi connectivity index (χ3v) is 21.0. The van der Waals surface area contributed by atoms with Gasteiger partial charge in [-0.2, -0.15) is 0 Å². The summed E-state index contributed by atoms with van der Waals surface area (Å²) in [6.45, 7) is 29.7. The molecule has 3 aromatic carbocycles. The van der Waals surface area contributed by atoms with Crippen molar-refractivity contribution < 1.29 is 70.6 Å². The molecule has 0 fully saturated rings. The van der Waals surface area contributed by atoms with E-state index >= 15 is 4.79 Å². The zero-order valence-electron chi connectivity index (χ0n) is 50.8. The first-order valence-electron chi connectivity index (χ1n) is 27.7. The quantitative estimate of drug-likeness (QED) is 0.0152. The minimum Gasteiger partial charge on any atom is -0.497 e. The third kappa shape index (κ3) is 15.3. The van der Waals surface area contributed by atoms with Crippen LogP contribution in [0.4, 0.5) is 0 Å². The van der Waals surface area contributed by atoms with Crippen molar-refractivity contribution in [2.24, 2.45) is 0 Å². The Hall–Kier alpha value is -5.89. The van der Waals surface area contributed by atoms with E-state index in [-0.39, 0.29) is 71.1 Å². The zero-order valence-corrected chi connectivity index (χ0v) is 54.5. The van der Waals surface area contributed by atoms with E-state index in [4.69, 9.17) is 72.5 Å². The van der Waals surface area contributed by atoms with Crippen LogP contribution in [0, 0.1) is 23.7 Å². The number of benzene rings is 3. The van der Waals surface area contributed by atoms with E-state index in [0.29, 0.717) is 33.8 Å². The van der Waals surface area contributed by atoms with E-state index in [0.717, 1.165) is 5.56 Å². The highest BCUT2D eigenvalue weighted by atomic mass is 35.5. The number of fused-ring (bicyclic) bond motifs is 8. The van der Waals surface area contributed by atoms with Crippen LogP contribution in [0.15, 0.2) is 78.9 Å². The number of amides is 1. The highest BCUT2D eigenvalue weighted by Crippen LogP contribution is 2.48. The fourth-order valence-corrected chi connectivity index (χ4v) is 13.3. The Labute approximate surface area is 497 Å². The highest BCUT2D eigenvalue weighted by molar-refractivity contribution is 6.74. The van der Waals surface area contributed by atoms with Gasteiger partial charge in [0.05, 0.1) is 64.2 Å².